The SMILES string of the molecule is CCCCc1ccc2nc(NC(=O)c3cccc[n+]3[O-])sc2c1. The molecule has 1 amide bonds. The fourth-order valence-electron chi connectivity index (χ4n) is 2.32. The van der Waals surface area contributed by atoms with E-state index in [1.165, 1.54) is 29.2 Å². The first-order chi connectivity index (χ1) is 11.2. The van der Waals surface area contributed by atoms with E-state index in [-0.39, 0.29) is 5.69 Å². The molecule has 1 aromatic carbocycles. The van der Waals surface area contributed by atoms with Gasteiger partial charge in [0.1, 0.15) is 0 Å². The minimum Gasteiger partial charge on any atom is -0.618 e. The van der Waals surface area contributed by atoms with Crippen LogP contribution >= 0.6 is 11.3 Å². The Hall–Kier alpha value is -2.47. The molecule has 5 nitrogen and oxygen atoms in total. The van der Waals surface area contributed by atoms with Crippen molar-refractivity contribution in [3.63, 3.8) is 0 Å². The normalized spacial score (nSPS) is 10.8. The van der Waals surface area contributed by atoms with Crippen LogP contribution in [0.2, 0.25) is 0 Å². The average molecular weight is 327 g/mol. The van der Waals surface area contributed by atoms with Crippen molar-refractivity contribution >= 4 is 32.6 Å². The van der Waals surface area contributed by atoms with Gasteiger partial charge in [0, 0.05) is 12.1 Å². The molecule has 0 atom stereocenters. The Morgan fingerprint density at radius 2 is 2.22 bits per heavy atom. The van der Waals surface area contributed by atoms with E-state index < -0.39 is 5.91 Å². The Morgan fingerprint density at radius 1 is 1.35 bits per heavy atom. The van der Waals surface area contributed by atoms with E-state index in [1.807, 2.05) is 6.07 Å². The monoisotopic (exact) mass is 327 g/mol. The first kappa shape index (κ1) is 15.4. The number of carbonyl (C=O) groups excluding carboxylic acids is 1. The number of aromatic nitrogens is 2. The highest BCUT2D eigenvalue weighted by atomic mass is 32.1. The second-order valence-corrected chi connectivity index (χ2v) is 6.32. The molecule has 3 aromatic rings. The van der Waals surface area contributed by atoms with Crippen LogP contribution in [0.15, 0.2) is 42.6 Å². The summed E-state index contributed by atoms with van der Waals surface area (Å²) in [6.45, 7) is 2.17. The van der Waals surface area contributed by atoms with Crippen molar-refractivity contribution in [1.29, 1.82) is 0 Å². The molecule has 0 spiro atoms. The Morgan fingerprint density at radius 3 is 3.00 bits per heavy atom. The highest BCUT2D eigenvalue weighted by Gasteiger charge is 2.17. The van der Waals surface area contributed by atoms with Crippen molar-refractivity contribution in [2.24, 2.45) is 0 Å². The molecule has 2 heterocycles. The maximum Gasteiger partial charge on any atom is 0.323 e. The van der Waals surface area contributed by atoms with Crippen molar-refractivity contribution in [3.05, 3.63) is 59.1 Å². The highest BCUT2D eigenvalue weighted by molar-refractivity contribution is 7.22. The van der Waals surface area contributed by atoms with E-state index in [0.29, 0.717) is 9.86 Å². The van der Waals surface area contributed by atoms with E-state index in [1.54, 1.807) is 12.1 Å². The predicted molar refractivity (Wildman–Crippen MR) is 91.6 cm³/mol. The fourth-order valence-corrected chi connectivity index (χ4v) is 3.25. The van der Waals surface area contributed by atoms with Gasteiger partial charge >= 0.3 is 5.91 Å². The predicted octanol–water partition coefficient (Wildman–Crippen LogP) is 3.52. The van der Waals surface area contributed by atoms with Gasteiger partial charge in [0.2, 0.25) is 0 Å². The van der Waals surface area contributed by atoms with Gasteiger partial charge < -0.3 is 5.21 Å². The molecule has 2 aromatic heterocycles. The van der Waals surface area contributed by atoms with Gasteiger partial charge in [0.05, 0.1) is 10.2 Å². The number of fused-ring (bicyclic) bond motifs is 1. The van der Waals surface area contributed by atoms with Crippen LogP contribution in [0, 0.1) is 5.21 Å². The quantitative estimate of drug-likeness (QED) is 0.576. The summed E-state index contributed by atoms with van der Waals surface area (Å²) < 4.78 is 1.59. The number of aryl methyl sites for hydroxylation is 1. The van der Waals surface area contributed by atoms with Crippen LogP contribution in [0.1, 0.15) is 35.8 Å². The second-order valence-electron chi connectivity index (χ2n) is 5.29. The number of carbonyl (C=O) groups is 1. The lowest BCUT2D eigenvalue weighted by molar-refractivity contribution is -0.607. The zero-order valence-electron chi connectivity index (χ0n) is 12.8. The van der Waals surface area contributed by atoms with Crippen molar-refractivity contribution in [2.45, 2.75) is 26.2 Å². The number of hydrogen-bond donors (Lipinski definition) is 1. The number of nitrogens with one attached hydrogen (secondary N) is 1. The fraction of sp³-hybridized carbons (Fsp3) is 0.235. The van der Waals surface area contributed by atoms with E-state index in [9.17, 15) is 10.0 Å². The lowest BCUT2D eigenvalue weighted by Gasteiger charge is -2.02. The molecule has 23 heavy (non-hydrogen) atoms. The number of anilines is 1. The van der Waals surface area contributed by atoms with Crippen LogP contribution in [-0.4, -0.2) is 10.9 Å². The first-order valence-corrected chi connectivity index (χ1v) is 8.38. The Kier molecular flexibility index (Phi) is 4.52. The molecule has 3 rings (SSSR count). The molecule has 0 aliphatic carbocycles. The van der Waals surface area contributed by atoms with E-state index >= 15 is 0 Å². The van der Waals surface area contributed by atoms with Crippen LogP contribution in [0.25, 0.3) is 10.2 Å². The molecular weight excluding hydrogens is 310 g/mol. The third kappa shape index (κ3) is 3.48. The standard InChI is InChI=1S/C17H17N3O2S/c1-2-3-6-12-8-9-13-15(11-12)23-17(18-13)19-16(21)14-7-4-5-10-20(14)22/h4-5,7-11H,2-3,6H2,1H3,(H,18,19,21). The first-order valence-electron chi connectivity index (χ1n) is 7.56. The van der Waals surface area contributed by atoms with Crippen LogP contribution < -0.4 is 10.0 Å². The number of amides is 1. The van der Waals surface area contributed by atoms with Gasteiger partial charge in [-0.15, -0.1) is 0 Å². The number of unbranched alkanes of at least 4 members (excludes halogenated alkanes) is 1. The summed E-state index contributed by atoms with van der Waals surface area (Å²) in [6.07, 6.45) is 4.67. The lowest BCUT2D eigenvalue weighted by atomic mass is 10.1. The highest BCUT2D eigenvalue weighted by Crippen LogP contribution is 2.27. The minimum atomic E-state index is -0.453. The van der Waals surface area contributed by atoms with Crippen molar-refractivity contribution in [2.75, 3.05) is 5.32 Å². The van der Waals surface area contributed by atoms with Crippen molar-refractivity contribution < 1.29 is 9.52 Å². The summed E-state index contributed by atoms with van der Waals surface area (Å²) in [5, 5.41) is 14.8. The Bertz CT molecular complexity index is 845. The zero-order valence-corrected chi connectivity index (χ0v) is 13.6. The second kappa shape index (κ2) is 6.75. The van der Waals surface area contributed by atoms with Gasteiger partial charge in [-0.2, -0.15) is 4.73 Å². The van der Waals surface area contributed by atoms with Crippen LogP contribution in [0.4, 0.5) is 5.13 Å². The van der Waals surface area contributed by atoms with Crippen molar-refractivity contribution in [1.82, 2.24) is 4.98 Å². The Balaban J connectivity index is 1.80. The van der Waals surface area contributed by atoms with E-state index in [2.05, 4.69) is 29.4 Å². The largest absolute Gasteiger partial charge is 0.618 e. The number of benzene rings is 1. The molecule has 0 bridgehead atoms. The smallest absolute Gasteiger partial charge is 0.323 e. The third-order valence-corrected chi connectivity index (χ3v) is 4.48. The topological polar surface area (TPSA) is 68.9 Å². The molecule has 0 fully saturated rings. The summed E-state index contributed by atoms with van der Waals surface area (Å²) >= 11 is 1.42. The molecule has 0 saturated heterocycles. The molecule has 0 unspecified atom stereocenters. The summed E-state index contributed by atoms with van der Waals surface area (Å²) in [6, 6.07) is 10.9. The van der Waals surface area contributed by atoms with Crippen LogP contribution in [0.5, 0.6) is 0 Å². The van der Waals surface area contributed by atoms with Gasteiger partial charge in [0.15, 0.2) is 11.3 Å². The number of rotatable bonds is 5. The molecule has 6 heteroatoms. The minimum absolute atomic E-state index is 0.0513. The van der Waals surface area contributed by atoms with E-state index in [0.717, 1.165) is 29.5 Å². The lowest BCUT2D eigenvalue weighted by Crippen LogP contribution is -2.36. The van der Waals surface area contributed by atoms with Gasteiger partial charge in [0.25, 0.3) is 5.69 Å². The molecule has 1 N–H and O–H groups in total. The van der Waals surface area contributed by atoms with Crippen LogP contribution in [-0.2, 0) is 6.42 Å². The van der Waals surface area contributed by atoms with Gasteiger partial charge in [-0.3, -0.25) is 10.1 Å². The van der Waals surface area contributed by atoms with Gasteiger partial charge in [-0.1, -0.05) is 30.7 Å². The summed E-state index contributed by atoms with van der Waals surface area (Å²) in [5.74, 6) is -0.453. The molecule has 0 aliphatic heterocycles. The average Bonchev–Trinajstić information content (AvgIpc) is 2.94. The number of hydrogen-bond acceptors (Lipinski definition) is 4. The third-order valence-electron chi connectivity index (χ3n) is 3.55. The molecule has 0 radical (unpaired) electrons. The summed E-state index contributed by atoms with van der Waals surface area (Å²) in [7, 11) is 0. The number of nitrogens with zero attached hydrogens (tertiary/aromatic N) is 2. The van der Waals surface area contributed by atoms with Gasteiger partial charge in [-0.05, 0) is 36.6 Å². The van der Waals surface area contributed by atoms with Gasteiger partial charge in [-0.25, -0.2) is 4.98 Å². The number of pyridine rings is 1. The van der Waals surface area contributed by atoms with Crippen molar-refractivity contribution in [3.8, 4) is 0 Å². The summed E-state index contributed by atoms with van der Waals surface area (Å²) in [4.78, 5) is 16.6. The van der Waals surface area contributed by atoms with Crippen LogP contribution in [0.3, 0.4) is 0 Å². The molecule has 0 saturated carbocycles. The molecule has 0 aliphatic rings. The zero-order chi connectivity index (χ0) is 16.2. The molecule has 118 valence electrons. The maximum atomic E-state index is 12.2. The number of thiazole rings is 1. The summed E-state index contributed by atoms with van der Waals surface area (Å²) in [5.41, 5.74) is 2.19. The molecular formula is C17H17N3O2S. The maximum absolute atomic E-state index is 12.2. The van der Waals surface area contributed by atoms with E-state index in [4.69, 9.17) is 0 Å². The Labute approximate surface area is 138 Å².